The molecule has 1 aromatic rings. The summed E-state index contributed by atoms with van der Waals surface area (Å²) in [7, 11) is 0. The molecule has 0 bridgehead atoms. The molecule has 1 fully saturated rings. The summed E-state index contributed by atoms with van der Waals surface area (Å²) in [6.45, 7) is 6.44. The number of benzene rings is 1. The number of carbonyl (C=O) groups is 1. The highest BCUT2D eigenvalue weighted by Crippen LogP contribution is 2.23. The molecule has 1 heterocycles. The quantitative estimate of drug-likeness (QED) is 0.420. The fourth-order valence-corrected chi connectivity index (χ4v) is 3.14. The Morgan fingerprint density at radius 1 is 1.21 bits per heavy atom. The van der Waals surface area contributed by atoms with Crippen molar-refractivity contribution in [3.05, 3.63) is 24.3 Å². The minimum atomic E-state index is -4.74. The van der Waals surface area contributed by atoms with E-state index in [0.29, 0.717) is 18.7 Å². The lowest BCUT2D eigenvalue weighted by Gasteiger charge is -2.32. The Morgan fingerprint density at radius 2 is 1.82 bits per heavy atom. The van der Waals surface area contributed by atoms with Crippen LogP contribution < -0.4 is 25.8 Å². The zero-order valence-corrected chi connectivity index (χ0v) is 16.4. The van der Waals surface area contributed by atoms with Crippen molar-refractivity contribution in [2.75, 3.05) is 25.0 Å². The standard InChI is InChI=1S/C17H23F3N4O3S/c1-11-9-24(10-12(2)26-11)8-7-15(25)22-23-16(28)21-13-3-5-14(6-4-13)27-17(18,19)20/h3-6,11-12H,7-10H2,1-2H3,(H,22,25)(H2,21,23,28)/p+1/t11-,12+. The van der Waals surface area contributed by atoms with Crippen LogP contribution in [0.25, 0.3) is 0 Å². The first kappa shape index (κ1) is 22.2. The number of morpholine rings is 1. The van der Waals surface area contributed by atoms with Crippen molar-refractivity contribution in [3.63, 3.8) is 0 Å². The van der Waals surface area contributed by atoms with E-state index in [1.807, 2.05) is 13.8 Å². The number of hydrogen-bond acceptors (Lipinski definition) is 4. The van der Waals surface area contributed by atoms with Crippen LogP contribution in [0, 0.1) is 0 Å². The number of nitrogens with one attached hydrogen (secondary N) is 4. The highest BCUT2D eigenvalue weighted by Gasteiger charge is 2.31. The van der Waals surface area contributed by atoms with Crippen LogP contribution in [-0.4, -0.2) is 49.2 Å². The maximum Gasteiger partial charge on any atom is 0.573 e. The van der Waals surface area contributed by atoms with Crippen LogP contribution in [-0.2, 0) is 9.53 Å². The number of hydrazine groups is 1. The number of hydrogen-bond donors (Lipinski definition) is 4. The summed E-state index contributed by atoms with van der Waals surface area (Å²) < 4.78 is 45.8. The second-order valence-electron chi connectivity index (χ2n) is 6.62. The minimum Gasteiger partial charge on any atom is -0.406 e. The number of amides is 1. The van der Waals surface area contributed by atoms with Crippen LogP contribution >= 0.6 is 12.2 Å². The molecule has 1 unspecified atom stereocenters. The third-order valence-electron chi connectivity index (χ3n) is 3.98. The van der Waals surface area contributed by atoms with E-state index in [0.717, 1.165) is 25.2 Å². The zero-order valence-electron chi connectivity index (χ0n) is 15.6. The molecule has 0 spiro atoms. The number of alkyl halides is 3. The molecule has 11 heteroatoms. The van der Waals surface area contributed by atoms with Crippen LogP contribution in [0.3, 0.4) is 0 Å². The lowest BCUT2D eigenvalue weighted by Crippen LogP contribution is -3.15. The molecule has 28 heavy (non-hydrogen) atoms. The van der Waals surface area contributed by atoms with Crippen LogP contribution in [0.15, 0.2) is 24.3 Å². The molecule has 3 atom stereocenters. The Bertz CT molecular complexity index is 663. The molecule has 2 rings (SSSR count). The molecule has 1 amide bonds. The Morgan fingerprint density at radius 3 is 2.39 bits per heavy atom. The number of quaternary nitrogens is 1. The van der Waals surface area contributed by atoms with Gasteiger partial charge >= 0.3 is 6.36 Å². The smallest absolute Gasteiger partial charge is 0.406 e. The first-order chi connectivity index (χ1) is 13.1. The summed E-state index contributed by atoms with van der Waals surface area (Å²) in [5.74, 6) is -0.545. The van der Waals surface area contributed by atoms with Gasteiger partial charge in [0.1, 0.15) is 31.0 Å². The third-order valence-corrected chi connectivity index (χ3v) is 4.19. The van der Waals surface area contributed by atoms with E-state index in [1.165, 1.54) is 17.0 Å². The second-order valence-corrected chi connectivity index (χ2v) is 7.02. The Kier molecular flexibility index (Phi) is 7.84. The fraction of sp³-hybridized carbons (Fsp3) is 0.529. The van der Waals surface area contributed by atoms with Gasteiger partial charge in [-0.25, -0.2) is 0 Å². The summed E-state index contributed by atoms with van der Waals surface area (Å²) in [6, 6.07) is 5.07. The van der Waals surface area contributed by atoms with Gasteiger partial charge in [-0.15, -0.1) is 13.2 Å². The molecular weight excluding hydrogens is 397 g/mol. The number of halogens is 3. The Labute approximate surface area is 166 Å². The summed E-state index contributed by atoms with van der Waals surface area (Å²) in [5, 5.41) is 2.86. The molecule has 1 saturated heterocycles. The molecule has 7 nitrogen and oxygen atoms in total. The van der Waals surface area contributed by atoms with E-state index in [-0.39, 0.29) is 29.0 Å². The predicted octanol–water partition coefficient (Wildman–Crippen LogP) is 0.985. The summed E-state index contributed by atoms with van der Waals surface area (Å²) in [4.78, 5) is 13.3. The van der Waals surface area contributed by atoms with Gasteiger partial charge in [0.15, 0.2) is 5.11 Å². The number of carbonyl (C=O) groups excluding carboxylic acids is 1. The molecule has 1 aromatic carbocycles. The normalized spacial score (nSPS) is 22.2. The van der Waals surface area contributed by atoms with Crippen molar-refractivity contribution in [3.8, 4) is 5.75 Å². The van der Waals surface area contributed by atoms with E-state index in [2.05, 4.69) is 20.9 Å². The van der Waals surface area contributed by atoms with Crippen molar-refractivity contribution >= 4 is 28.9 Å². The average Bonchev–Trinajstić information content (AvgIpc) is 2.58. The van der Waals surface area contributed by atoms with Crippen molar-refractivity contribution in [2.24, 2.45) is 0 Å². The topological polar surface area (TPSA) is 76.1 Å². The van der Waals surface area contributed by atoms with Crippen LogP contribution in [0.4, 0.5) is 18.9 Å². The highest BCUT2D eigenvalue weighted by atomic mass is 32.1. The molecule has 1 aliphatic rings. The van der Waals surface area contributed by atoms with Gasteiger partial charge in [0.05, 0.1) is 13.0 Å². The van der Waals surface area contributed by atoms with Crippen molar-refractivity contribution in [1.29, 1.82) is 0 Å². The lowest BCUT2D eigenvalue weighted by molar-refractivity contribution is -0.914. The van der Waals surface area contributed by atoms with E-state index >= 15 is 0 Å². The van der Waals surface area contributed by atoms with E-state index in [9.17, 15) is 18.0 Å². The van der Waals surface area contributed by atoms with Gasteiger partial charge in [0, 0.05) is 5.69 Å². The molecule has 0 saturated carbocycles. The molecule has 0 aromatic heterocycles. The summed E-state index contributed by atoms with van der Waals surface area (Å²) in [6.07, 6.45) is -4.07. The monoisotopic (exact) mass is 421 g/mol. The fourth-order valence-electron chi connectivity index (χ4n) is 2.97. The van der Waals surface area contributed by atoms with Crippen LogP contribution in [0.1, 0.15) is 20.3 Å². The maximum atomic E-state index is 12.1. The van der Waals surface area contributed by atoms with Crippen LogP contribution in [0.2, 0.25) is 0 Å². The van der Waals surface area contributed by atoms with Crippen molar-refractivity contribution < 1.29 is 32.3 Å². The summed E-state index contributed by atoms with van der Waals surface area (Å²) >= 11 is 5.05. The molecule has 4 N–H and O–H groups in total. The van der Waals surface area contributed by atoms with E-state index < -0.39 is 6.36 Å². The largest absolute Gasteiger partial charge is 0.573 e. The Balaban J connectivity index is 1.68. The van der Waals surface area contributed by atoms with Gasteiger partial charge < -0.3 is 19.7 Å². The molecule has 0 aliphatic carbocycles. The average molecular weight is 421 g/mol. The van der Waals surface area contributed by atoms with E-state index in [1.54, 1.807) is 0 Å². The first-order valence-corrected chi connectivity index (χ1v) is 9.22. The molecule has 156 valence electrons. The predicted molar refractivity (Wildman–Crippen MR) is 101 cm³/mol. The second kappa shape index (κ2) is 9.89. The number of rotatable bonds is 5. The van der Waals surface area contributed by atoms with E-state index in [4.69, 9.17) is 17.0 Å². The molecule has 1 aliphatic heterocycles. The summed E-state index contributed by atoms with van der Waals surface area (Å²) in [5.41, 5.74) is 5.51. The third kappa shape index (κ3) is 8.28. The molecular formula is C17H24F3N4O3S+. The lowest BCUT2D eigenvalue weighted by atomic mass is 10.2. The van der Waals surface area contributed by atoms with Gasteiger partial charge in [-0.3, -0.25) is 15.6 Å². The number of ether oxygens (including phenoxy) is 2. The highest BCUT2D eigenvalue weighted by molar-refractivity contribution is 7.80. The van der Waals surface area contributed by atoms with Gasteiger partial charge in [-0.2, -0.15) is 0 Å². The Hall–Kier alpha value is -2.11. The zero-order chi connectivity index (χ0) is 20.7. The van der Waals surface area contributed by atoms with Gasteiger partial charge in [0.2, 0.25) is 5.91 Å². The van der Waals surface area contributed by atoms with Crippen molar-refractivity contribution in [2.45, 2.75) is 38.8 Å². The van der Waals surface area contributed by atoms with Gasteiger partial charge in [-0.1, -0.05) is 0 Å². The maximum absolute atomic E-state index is 12.1. The number of anilines is 1. The van der Waals surface area contributed by atoms with Crippen LogP contribution in [0.5, 0.6) is 5.75 Å². The molecule has 0 radical (unpaired) electrons. The first-order valence-electron chi connectivity index (χ1n) is 8.81. The number of thiocarbonyl (C=S) groups is 1. The van der Waals surface area contributed by atoms with Gasteiger partial charge in [0.25, 0.3) is 0 Å². The SMILES string of the molecule is C[C@@H]1C[NH+](CCC(=O)NNC(=S)Nc2ccc(OC(F)(F)F)cc2)C[C@H](C)O1. The van der Waals surface area contributed by atoms with Crippen molar-refractivity contribution in [1.82, 2.24) is 10.9 Å². The van der Waals surface area contributed by atoms with Gasteiger partial charge in [-0.05, 0) is 50.3 Å². The minimum absolute atomic E-state index is 0.110.